The highest BCUT2D eigenvalue weighted by atomic mass is 32.2. The maximum atomic E-state index is 12.4. The number of benzene rings is 1. The molecular weight excluding hydrogens is 358 g/mol. The van der Waals surface area contributed by atoms with Crippen LogP contribution in [0.3, 0.4) is 0 Å². The third-order valence-corrected chi connectivity index (χ3v) is 5.02. The number of thiocarbonyl (C=S) groups is 1. The predicted molar refractivity (Wildman–Crippen MR) is 106 cm³/mol. The van der Waals surface area contributed by atoms with Crippen LogP contribution in [0.1, 0.15) is 43.7 Å². The Kier molecular flexibility index (Phi) is 9.20. The van der Waals surface area contributed by atoms with Crippen LogP contribution in [0.5, 0.6) is 0 Å². The number of carbonyl (C=O) groups is 1. The number of likely N-dealkylation sites (N-methyl/N-ethyl adjacent to an activating group) is 1. The number of amides is 1. The van der Waals surface area contributed by atoms with Crippen LogP contribution >= 0.6 is 12.2 Å². The minimum absolute atomic E-state index is 0.0752. The van der Waals surface area contributed by atoms with Crippen molar-refractivity contribution in [2.45, 2.75) is 45.1 Å². The first kappa shape index (κ1) is 21.7. The Morgan fingerprint density at radius 1 is 1.28 bits per heavy atom. The van der Waals surface area contributed by atoms with Crippen molar-refractivity contribution in [1.82, 2.24) is 15.4 Å². The average Bonchev–Trinajstić information content (AvgIpc) is 2.57. The number of hydrogen-bond acceptors (Lipinski definition) is 3. The van der Waals surface area contributed by atoms with Gasteiger partial charge in [0.15, 0.2) is 0 Å². The summed E-state index contributed by atoms with van der Waals surface area (Å²) in [6.07, 6.45) is 2.93. The second-order valence-electron chi connectivity index (χ2n) is 5.94. The standard InChI is InChI=1S/C17H27N3O3S2/c1-4-5-6-11-19-15(21)12-17(16(24)18-3,20-25(22)23)14-9-7-13(2)8-10-14/h7-10,20H,4-6,11-12H2,1-3H3,(H,18,24)(H,19,21)(H,22,23). The molecule has 0 aliphatic rings. The van der Waals surface area contributed by atoms with Gasteiger partial charge in [0.2, 0.25) is 17.2 Å². The molecule has 0 saturated heterocycles. The molecule has 0 aromatic heterocycles. The van der Waals surface area contributed by atoms with Crippen molar-refractivity contribution >= 4 is 34.4 Å². The Balaban J connectivity index is 3.11. The van der Waals surface area contributed by atoms with E-state index in [2.05, 4.69) is 22.3 Å². The van der Waals surface area contributed by atoms with Gasteiger partial charge in [-0.15, -0.1) is 0 Å². The number of carbonyl (C=O) groups excluding carboxylic acids is 1. The highest BCUT2D eigenvalue weighted by Crippen LogP contribution is 2.27. The lowest BCUT2D eigenvalue weighted by atomic mass is 9.86. The topological polar surface area (TPSA) is 90.5 Å². The summed E-state index contributed by atoms with van der Waals surface area (Å²) >= 11 is 3.05. The highest BCUT2D eigenvalue weighted by Gasteiger charge is 2.40. The zero-order chi connectivity index (χ0) is 18.9. The van der Waals surface area contributed by atoms with E-state index in [-0.39, 0.29) is 17.3 Å². The molecule has 140 valence electrons. The SMILES string of the molecule is CCCCCNC(=O)CC(NS(=O)O)(C(=S)NC)c1ccc(C)cc1. The summed E-state index contributed by atoms with van der Waals surface area (Å²) in [6.45, 7) is 4.61. The molecule has 2 atom stereocenters. The zero-order valence-corrected chi connectivity index (χ0v) is 16.6. The molecule has 25 heavy (non-hydrogen) atoms. The smallest absolute Gasteiger partial charge is 0.232 e. The molecule has 1 rings (SSSR count). The average molecular weight is 386 g/mol. The molecule has 1 amide bonds. The normalized spacial score (nSPS) is 14.4. The third kappa shape index (κ3) is 6.47. The zero-order valence-electron chi connectivity index (χ0n) is 14.9. The maximum Gasteiger partial charge on any atom is 0.232 e. The largest absolute Gasteiger partial charge is 0.381 e. The molecule has 8 heteroatoms. The van der Waals surface area contributed by atoms with Gasteiger partial charge >= 0.3 is 0 Å². The van der Waals surface area contributed by atoms with E-state index in [1.807, 2.05) is 31.2 Å². The fourth-order valence-corrected chi connectivity index (χ4v) is 3.46. The minimum Gasteiger partial charge on any atom is -0.381 e. The monoisotopic (exact) mass is 385 g/mol. The van der Waals surface area contributed by atoms with Crippen LogP contribution in [0, 0.1) is 6.92 Å². The first-order valence-corrected chi connectivity index (χ1v) is 9.82. The summed E-state index contributed by atoms with van der Waals surface area (Å²) < 4.78 is 23.6. The Bertz CT molecular complexity index is 608. The van der Waals surface area contributed by atoms with Gasteiger partial charge in [0.05, 0.1) is 6.42 Å². The van der Waals surface area contributed by atoms with E-state index in [0.29, 0.717) is 12.1 Å². The van der Waals surface area contributed by atoms with Crippen molar-refractivity contribution in [3.05, 3.63) is 35.4 Å². The molecule has 1 aromatic carbocycles. The summed E-state index contributed by atoms with van der Waals surface area (Å²) in [4.78, 5) is 12.7. The van der Waals surface area contributed by atoms with Crippen molar-refractivity contribution in [3.8, 4) is 0 Å². The third-order valence-electron chi connectivity index (χ3n) is 3.95. The Morgan fingerprint density at radius 3 is 2.44 bits per heavy atom. The molecule has 0 aliphatic carbocycles. The van der Waals surface area contributed by atoms with Gasteiger partial charge in [0.25, 0.3) is 0 Å². The van der Waals surface area contributed by atoms with Crippen LogP contribution in [0.2, 0.25) is 0 Å². The van der Waals surface area contributed by atoms with Gasteiger partial charge < -0.3 is 10.6 Å². The highest BCUT2D eigenvalue weighted by molar-refractivity contribution is 7.80. The van der Waals surface area contributed by atoms with Crippen LogP contribution in [-0.4, -0.2) is 33.2 Å². The fraction of sp³-hybridized carbons (Fsp3) is 0.529. The molecule has 0 fully saturated rings. The first-order valence-electron chi connectivity index (χ1n) is 8.30. The van der Waals surface area contributed by atoms with Gasteiger partial charge in [-0.05, 0) is 18.9 Å². The molecule has 2 unspecified atom stereocenters. The van der Waals surface area contributed by atoms with E-state index in [4.69, 9.17) is 12.2 Å². The quantitative estimate of drug-likeness (QED) is 0.281. The number of rotatable bonds is 10. The van der Waals surface area contributed by atoms with Crippen LogP contribution in [0.4, 0.5) is 0 Å². The van der Waals surface area contributed by atoms with Gasteiger partial charge in [-0.25, -0.2) is 4.21 Å². The van der Waals surface area contributed by atoms with E-state index in [1.54, 1.807) is 7.05 Å². The molecule has 0 aliphatic heterocycles. The van der Waals surface area contributed by atoms with Crippen molar-refractivity contribution in [2.75, 3.05) is 13.6 Å². The number of nitrogens with one attached hydrogen (secondary N) is 3. The van der Waals surface area contributed by atoms with Crippen LogP contribution < -0.4 is 15.4 Å². The molecule has 0 bridgehead atoms. The Hall–Kier alpha value is -1.35. The van der Waals surface area contributed by atoms with Crippen LogP contribution in [0.25, 0.3) is 0 Å². The van der Waals surface area contributed by atoms with Gasteiger partial charge in [-0.3, -0.25) is 9.35 Å². The van der Waals surface area contributed by atoms with E-state index in [0.717, 1.165) is 24.8 Å². The van der Waals surface area contributed by atoms with E-state index in [9.17, 15) is 13.6 Å². The molecule has 6 nitrogen and oxygen atoms in total. The number of hydrogen-bond donors (Lipinski definition) is 4. The molecule has 0 spiro atoms. The summed E-state index contributed by atoms with van der Waals surface area (Å²) in [5.74, 6) is -0.229. The van der Waals surface area contributed by atoms with Crippen molar-refractivity contribution in [3.63, 3.8) is 0 Å². The van der Waals surface area contributed by atoms with E-state index in [1.165, 1.54) is 0 Å². The molecule has 0 saturated carbocycles. The van der Waals surface area contributed by atoms with Crippen LogP contribution in [-0.2, 0) is 21.6 Å². The Labute approximate surface area is 157 Å². The van der Waals surface area contributed by atoms with Gasteiger partial charge in [-0.1, -0.05) is 61.8 Å². The lowest BCUT2D eigenvalue weighted by molar-refractivity contribution is -0.121. The lowest BCUT2D eigenvalue weighted by Gasteiger charge is -2.34. The molecule has 1 aromatic rings. The predicted octanol–water partition coefficient (Wildman–Crippen LogP) is 2.16. The summed E-state index contributed by atoms with van der Waals surface area (Å²) in [5.41, 5.74) is 0.442. The van der Waals surface area contributed by atoms with Gasteiger partial charge in [0, 0.05) is 13.6 Å². The van der Waals surface area contributed by atoms with Gasteiger partial charge in [0.1, 0.15) is 10.5 Å². The molecule has 0 heterocycles. The molecule has 4 N–H and O–H groups in total. The van der Waals surface area contributed by atoms with E-state index < -0.39 is 16.8 Å². The lowest BCUT2D eigenvalue weighted by Crippen LogP contribution is -2.55. The molecular formula is C17H27N3O3S2. The van der Waals surface area contributed by atoms with Gasteiger partial charge in [-0.2, -0.15) is 4.72 Å². The minimum atomic E-state index is -2.35. The Morgan fingerprint density at radius 2 is 1.92 bits per heavy atom. The first-order chi connectivity index (χ1) is 11.9. The second-order valence-corrected chi connectivity index (χ2v) is 7.05. The second kappa shape index (κ2) is 10.6. The summed E-state index contributed by atoms with van der Waals surface area (Å²) in [6, 6.07) is 7.37. The number of aryl methyl sites for hydroxylation is 1. The van der Waals surface area contributed by atoms with Crippen molar-refractivity contribution in [2.24, 2.45) is 0 Å². The summed E-state index contributed by atoms with van der Waals surface area (Å²) in [5, 5.41) is 5.71. The maximum absolute atomic E-state index is 12.4. The summed E-state index contributed by atoms with van der Waals surface area (Å²) in [7, 11) is 1.63. The van der Waals surface area contributed by atoms with Crippen molar-refractivity contribution in [1.29, 1.82) is 0 Å². The molecule has 0 radical (unpaired) electrons. The van der Waals surface area contributed by atoms with E-state index >= 15 is 0 Å². The van der Waals surface area contributed by atoms with Crippen LogP contribution in [0.15, 0.2) is 24.3 Å². The number of unbranched alkanes of at least 4 members (excludes halogenated alkanes) is 2. The fourth-order valence-electron chi connectivity index (χ4n) is 2.56. The van der Waals surface area contributed by atoms with Crippen molar-refractivity contribution < 1.29 is 13.6 Å².